The molecule has 3 aliphatic rings. The van der Waals surface area contributed by atoms with E-state index in [-0.39, 0.29) is 17.5 Å². The molecule has 2 spiro atoms. The molecular weight excluding hydrogens is 418 g/mol. The van der Waals surface area contributed by atoms with Crippen molar-refractivity contribution in [3.63, 3.8) is 0 Å². The molecule has 0 atom stereocenters. The van der Waals surface area contributed by atoms with E-state index in [1.54, 1.807) is 0 Å². The van der Waals surface area contributed by atoms with Crippen molar-refractivity contribution in [1.29, 1.82) is 0 Å². The molecular formula is C23H35NO8. The first-order chi connectivity index (χ1) is 15.2. The Balaban J connectivity index is 1.41. The Labute approximate surface area is 189 Å². The van der Waals surface area contributed by atoms with Gasteiger partial charge in [-0.05, 0) is 31.6 Å². The number of amides is 1. The molecule has 0 aromatic carbocycles. The first-order valence-corrected chi connectivity index (χ1v) is 11.4. The van der Waals surface area contributed by atoms with Gasteiger partial charge >= 0.3 is 12.1 Å². The van der Waals surface area contributed by atoms with Crippen molar-refractivity contribution in [3.05, 3.63) is 0 Å². The number of hydrogen-bond donors (Lipinski definition) is 1. The Kier molecular flexibility index (Phi) is 8.04. The number of ether oxygens (including phenoxy) is 2. The molecule has 1 amide bonds. The van der Waals surface area contributed by atoms with E-state index in [0.29, 0.717) is 64.0 Å². The zero-order chi connectivity index (χ0) is 23.2. The number of alkyl carbamates (subject to hydrolysis) is 1. The molecule has 0 bridgehead atoms. The highest BCUT2D eigenvalue weighted by Gasteiger charge is 2.53. The van der Waals surface area contributed by atoms with Crippen molar-refractivity contribution in [2.45, 2.75) is 96.2 Å². The standard InChI is InChI=1S/C23H35NO8/c1-5-6-15-24-20(26)27-16-21(3,4)18-7-11-22(12-8-18)29-31-23(32-30-22)13-9-19(10-14-23)28-17(2)25/h1,18-19H,6-16H2,2-4H3,(H,24,26). The van der Waals surface area contributed by atoms with Crippen LogP contribution in [0, 0.1) is 23.7 Å². The van der Waals surface area contributed by atoms with Crippen LogP contribution in [0.1, 0.15) is 78.6 Å². The molecule has 9 heteroatoms. The molecule has 1 heterocycles. The summed E-state index contributed by atoms with van der Waals surface area (Å²) in [6, 6.07) is 0. The lowest BCUT2D eigenvalue weighted by atomic mass is 9.70. The summed E-state index contributed by atoms with van der Waals surface area (Å²) in [6.45, 7) is 6.32. The first-order valence-electron chi connectivity index (χ1n) is 11.4. The number of terminal acetylenes is 1. The summed E-state index contributed by atoms with van der Waals surface area (Å²) < 4.78 is 10.7. The topological polar surface area (TPSA) is 102 Å². The maximum Gasteiger partial charge on any atom is 0.407 e. The van der Waals surface area contributed by atoms with Gasteiger partial charge < -0.3 is 14.8 Å². The second-order valence-corrected chi connectivity index (χ2v) is 9.68. The molecule has 0 aromatic heterocycles. The van der Waals surface area contributed by atoms with E-state index in [1.807, 2.05) is 0 Å². The van der Waals surface area contributed by atoms with E-state index in [2.05, 4.69) is 25.1 Å². The molecule has 3 fully saturated rings. The van der Waals surface area contributed by atoms with Crippen molar-refractivity contribution in [1.82, 2.24) is 5.32 Å². The predicted molar refractivity (Wildman–Crippen MR) is 112 cm³/mol. The summed E-state index contributed by atoms with van der Waals surface area (Å²) in [5.74, 6) is 0.654. The van der Waals surface area contributed by atoms with Crippen LogP contribution in [0.5, 0.6) is 0 Å². The minimum atomic E-state index is -0.946. The van der Waals surface area contributed by atoms with Crippen LogP contribution in [0.25, 0.3) is 0 Å². The predicted octanol–water partition coefficient (Wildman–Crippen LogP) is 3.76. The molecule has 32 heavy (non-hydrogen) atoms. The SMILES string of the molecule is C#CCCNC(=O)OCC(C)(C)C1CCC2(CC1)OOC1(CCC(OC(C)=O)CC1)OO2. The van der Waals surface area contributed by atoms with Crippen LogP contribution >= 0.6 is 0 Å². The molecule has 9 nitrogen and oxygen atoms in total. The van der Waals surface area contributed by atoms with Gasteiger partial charge in [0.1, 0.15) is 6.10 Å². The van der Waals surface area contributed by atoms with Gasteiger partial charge in [0.15, 0.2) is 0 Å². The van der Waals surface area contributed by atoms with Crippen LogP contribution in [0.4, 0.5) is 4.79 Å². The quantitative estimate of drug-likeness (QED) is 0.281. The third kappa shape index (κ3) is 6.35. The van der Waals surface area contributed by atoms with E-state index in [0.717, 1.165) is 12.8 Å². The van der Waals surface area contributed by atoms with E-state index in [4.69, 9.17) is 35.4 Å². The van der Waals surface area contributed by atoms with Crippen molar-refractivity contribution in [2.75, 3.05) is 13.2 Å². The van der Waals surface area contributed by atoms with Crippen LogP contribution < -0.4 is 5.32 Å². The normalized spacial score (nSPS) is 32.8. The summed E-state index contributed by atoms with van der Waals surface area (Å²) in [4.78, 5) is 45.9. The van der Waals surface area contributed by atoms with Gasteiger partial charge in [-0.15, -0.1) is 12.3 Å². The van der Waals surface area contributed by atoms with Crippen LogP contribution in [0.3, 0.4) is 0 Å². The monoisotopic (exact) mass is 453 g/mol. The lowest BCUT2D eigenvalue weighted by Gasteiger charge is -2.48. The summed E-state index contributed by atoms with van der Waals surface area (Å²) in [6.07, 6.45) is 10.3. The van der Waals surface area contributed by atoms with Crippen molar-refractivity contribution in [3.8, 4) is 12.3 Å². The zero-order valence-electron chi connectivity index (χ0n) is 19.3. The molecule has 0 radical (unpaired) electrons. The zero-order valence-corrected chi connectivity index (χ0v) is 19.3. The fraction of sp³-hybridized carbons (Fsp3) is 0.826. The average molecular weight is 454 g/mol. The summed E-state index contributed by atoms with van der Waals surface area (Å²) >= 11 is 0. The molecule has 2 aliphatic carbocycles. The Morgan fingerprint density at radius 2 is 1.56 bits per heavy atom. The first kappa shape index (κ1) is 24.8. The molecule has 0 aromatic rings. The van der Waals surface area contributed by atoms with E-state index >= 15 is 0 Å². The molecule has 1 saturated heterocycles. The fourth-order valence-corrected chi connectivity index (χ4v) is 4.54. The molecule has 1 N–H and O–H groups in total. The van der Waals surface area contributed by atoms with Gasteiger partial charge in [0.2, 0.25) is 11.6 Å². The van der Waals surface area contributed by atoms with Crippen LogP contribution in [-0.4, -0.2) is 42.9 Å². The largest absolute Gasteiger partial charge is 0.463 e. The lowest BCUT2D eigenvalue weighted by molar-refractivity contribution is -0.663. The van der Waals surface area contributed by atoms with Crippen LogP contribution in [0.15, 0.2) is 0 Å². The molecule has 1 aliphatic heterocycles. The minimum Gasteiger partial charge on any atom is -0.463 e. The molecule has 180 valence electrons. The van der Waals surface area contributed by atoms with Gasteiger partial charge in [0, 0.05) is 51.0 Å². The maximum atomic E-state index is 11.8. The number of nitrogens with one attached hydrogen (secondary N) is 1. The van der Waals surface area contributed by atoms with Crippen LogP contribution in [-0.2, 0) is 33.8 Å². The van der Waals surface area contributed by atoms with Gasteiger partial charge in [-0.2, -0.15) is 19.6 Å². The second kappa shape index (κ2) is 10.4. The fourth-order valence-electron chi connectivity index (χ4n) is 4.54. The smallest absolute Gasteiger partial charge is 0.407 e. The lowest BCUT2D eigenvalue weighted by Crippen LogP contribution is -2.54. The Hall–Kier alpha value is -1.86. The highest BCUT2D eigenvalue weighted by molar-refractivity contribution is 5.67. The van der Waals surface area contributed by atoms with Crippen LogP contribution in [0.2, 0.25) is 0 Å². The summed E-state index contributed by atoms with van der Waals surface area (Å²) in [7, 11) is 0. The Morgan fingerprint density at radius 3 is 2.06 bits per heavy atom. The third-order valence-electron chi connectivity index (χ3n) is 6.68. The second-order valence-electron chi connectivity index (χ2n) is 9.68. The molecule has 2 saturated carbocycles. The van der Waals surface area contributed by atoms with E-state index < -0.39 is 17.7 Å². The number of carbonyl (C=O) groups excluding carboxylic acids is 2. The van der Waals surface area contributed by atoms with Gasteiger partial charge in [-0.3, -0.25) is 4.79 Å². The van der Waals surface area contributed by atoms with Gasteiger partial charge in [-0.25, -0.2) is 4.79 Å². The van der Waals surface area contributed by atoms with Crippen molar-refractivity contribution >= 4 is 12.1 Å². The van der Waals surface area contributed by atoms with Crippen molar-refractivity contribution < 1.29 is 38.6 Å². The molecule has 3 rings (SSSR count). The number of esters is 1. The minimum absolute atomic E-state index is 0.125. The highest BCUT2D eigenvalue weighted by atomic mass is 17.4. The Bertz CT molecular complexity index is 687. The maximum absolute atomic E-state index is 11.8. The number of carbonyl (C=O) groups is 2. The average Bonchev–Trinajstić information content (AvgIpc) is 2.77. The number of hydrogen-bond acceptors (Lipinski definition) is 8. The number of rotatable bonds is 6. The van der Waals surface area contributed by atoms with E-state index in [1.165, 1.54) is 6.92 Å². The third-order valence-corrected chi connectivity index (χ3v) is 6.68. The molecule has 0 unspecified atom stereocenters. The van der Waals surface area contributed by atoms with Gasteiger partial charge in [-0.1, -0.05) is 13.8 Å². The van der Waals surface area contributed by atoms with Crippen molar-refractivity contribution in [2.24, 2.45) is 11.3 Å². The van der Waals surface area contributed by atoms with Gasteiger partial charge in [0.05, 0.1) is 6.61 Å². The summed E-state index contributed by atoms with van der Waals surface area (Å²) in [5, 5.41) is 2.64. The Morgan fingerprint density at radius 1 is 1.03 bits per heavy atom. The van der Waals surface area contributed by atoms with Gasteiger partial charge in [0.25, 0.3) is 0 Å². The van der Waals surface area contributed by atoms with E-state index in [9.17, 15) is 9.59 Å². The summed E-state index contributed by atoms with van der Waals surface area (Å²) in [5.41, 5.74) is -0.197. The highest BCUT2D eigenvalue weighted by Crippen LogP contribution is 2.48.